The van der Waals surface area contributed by atoms with Crippen molar-refractivity contribution >= 4 is 6.29 Å². The third-order valence-electron chi connectivity index (χ3n) is 3.76. The fourth-order valence-electron chi connectivity index (χ4n) is 2.12. The molecule has 0 aliphatic rings. The molecule has 0 aromatic carbocycles. The van der Waals surface area contributed by atoms with Gasteiger partial charge in [-0.1, -0.05) is 26.8 Å². The maximum absolute atomic E-state index is 11.4. The van der Waals surface area contributed by atoms with E-state index in [1.807, 2.05) is 24.4 Å². The molecule has 0 spiro atoms. The van der Waals surface area contributed by atoms with Gasteiger partial charge in [-0.3, -0.25) is 9.88 Å². The van der Waals surface area contributed by atoms with Crippen molar-refractivity contribution in [3.8, 4) is 0 Å². The van der Waals surface area contributed by atoms with Gasteiger partial charge in [-0.15, -0.1) is 0 Å². The first-order chi connectivity index (χ1) is 8.69. The number of carbonyl (C=O) groups is 1. The maximum atomic E-state index is 11.4. The van der Waals surface area contributed by atoms with E-state index in [0.717, 1.165) is 44.5 Å². The van der Waals surface area contributed by atoms with Gasteiger partial charge in [-0.25, -0.2) is 0 Å². The normalized spacial score (nSPS) is 11.8. The van der Waals surface area contributed by atoms with E-state index in [1.165, 1.54) is 0 Å². The van der Waals surface area contributed by atoms with Crippen LogP contribution in [0.25, 0.3) is 0 Å². The van der Waals surface area contributed by atoms with Gasteiger partial charge in [0.2, 0.25) is 0 Å². The second kappa shape index (κ2) is 7.27. The van der Waals surface area contributed by atoms with Crippen LogP contribution in [-0.4, -0.2) is 29.3 Å². The van der Waals surface area contributed by atoms with E-state index in [4.69, 9.17) is 0 Å². The lowest BCUT2D eigenvalue weighted by Crippen LogP contribution is -2.38. The molecule has 3 nitrogen and oxygen atoms in total. The Balaban J connectivity index is 2.69. The average molecular weight is 248 g/mol. The minimum atomic E-state index is -0.204. The van der Waals surface area contributed by atoms with E-state index < -0.39 is 0 Å². The van der Waals surface area contributed by atoms with Crippen LogP contribution in [0.1, 0.15) is 39.3 Å². The van der Waals surface area contributed by atoms with Gasteiger partial charge in [0.15, 0.2) is 0 Å². The van der Waals surface area contributed by atoms with Gasteiger partial charge in [0.1, 0.15) is 6.29 Å². The standard InChI is InChI=1S/C15H24N2O/c1-4-15(5-2,13-18)12-17(6-3)11-14-9-7-8-10-16-14/h7-10,13H,4-6,11-12H2,1-3H3. The minimum Gasteiger partial charge on any atom is -0.303 e. The van der Waals surface area contributed by atoms with Crippen molar-refractivity contribution in [1.82, 2.24) is 9.88 Å². The first-order valence-corrected chi connectivity index (χ1v) is 6.78. The van der Waals surface area contributed by atoms with E-state index in [1.54, 1.807) is 0 Å². The van der Waals surface area contributed by atoms with Crippen LogP contribution in [-0.2, 0) is 11.3 Å². The molecule has 100 valence electrons. The lowest BCUT2D eigenvalue weighted by molar-refractivity contribution is -0.117. The van der Waals surface area contributed by atoms with Crippen molar-refractivity contribution < 1.29 is 4.79 Å². The second-order valence-electron chi connectivity index (χ2n) is 4.81. The van der Waals surface area contributed by atoms with Crippen LogP contribution in [0.3, 0.4) is 0 Å². The van der Waals surface area contributed by atoms with Crippen LogP contribution >= 0.6 is 0 Å². The number of pyridine rings is 1. The molecule has 0 aliphatic heterocycles. The van der Waals surface area contributed by atoms with Gasteiger partial charge in [0, 0.05) is 24.7 Å². The summed E-state index contributed by atoms with van der Waals surface area (Å²) in [4.78, 5) is 18.0. The highest BCUT2D eigenvalue weighted by molar-refractivity contribution is 5.59. The van der Waals surface area contributed by atoms with Crippen molar-refractivity contribution in [2.75, 3.05) is 13.1 Å². The van der Waals surface area contributed by atoms with Crippen molar-refractivity contribution in [3.63, 3.8) is 0 Å². The molecule has 1 rings (SSSR count). The van der Waals surface area contributed by atoms with Crippen LogP contribution in [0, 0.1) is 5.41 Å². The maximum Gasteiger partial charge on any atom is 0.127 e. The lowest BCUT2D eigenvalue weighted by Gasteiger charge is -2.32. The molecule has 0 N–H and O–H groups in total. The van der Waals surface area contributed by atoms with Gasteiger partial charge in [-0.2, -0.15) is 0 Å². The molecule has 0 amide bonds. The molecule has 18 heavy (non-hydrogen) atoms. The number of rotatable bonds is 8. The minimum absolute atomic E-state index is 0.204. The summed E-state index contributed by atoms with van der Waals surface area (Å²) in [6.45, 7) is 8.87. The van der Waals surface area contributed by atoms with Gasteiger partial charge in [0.05, 0.1) is 5.69 Å². The predicted octanol–water partition coefficient (Wildman–Crippen LogP) is 2.91. The Hall–Kier alpha value is -1.22. The topological polar surface area (TPSA) is 33.2 Å². The number of nitrogens with zero attached hydrogens (tertiary/aromatic N) is 2. The van der Waals surface area contributed by atoms with E-state index in [0.29, 0.717) is 0 Å². The van der Waals surface area contributed by atoms with E-state index >= 15 is 0 Å². The molecule has 1 aromatic heterocycles. The Bertz CT molecular complexity index is 347. The number of hydrogen-bond acceptors (Lipinski definition) is 3. The summed E-state index contributed by atoms with van der Waals surface area (Å²) >= 11 is 0. The second-order valence-corrected chi connectivity index (χ2v) is 4.81. The third kappa shape index (κ3) is 3.91. The third-order valence-corrected chi connectivity index (χ3v) is 3.76. The quantitative estimate of drug-likeness (QED) is 0.663. The van der Waals surface area contributed by atoms with Crippen LogP contribution < -0.4 is 0 Å². The average Bonchev–Trinajstić information content (AvgIpc) is 2.45. The van der Waals surface area contributed by atoms with Gasteiger partial charge >= 0.3 is 0 Å². The Morgan fingerprint density at radius 3 is 2.44 bits per heavy atom. The summed E-state index contributed by atoms with van der Waals surface area (Å²) in [7, 11) is 0. The summed E-state index contributed by atoms with van der Waals surface area (Å²) in [5.41, 5.74) is 0.858. The first-order valence-electron chi connectivity index (χ1n) is 6.78. The molecular formula is C15H24N2O. The molecule has 0 radical (unpaired) electrons. The first kappa shape index (κ1) is 14.8. The molecule has 0 bridgehead atoms. The molecule has 1 heterocycles. The summed E-state index contributed by atoms with van der Waals surface area (Å²) in [6, 6.07) is 5.96. The molecule has 0 atom stereocenters. The van der Waals surface area contributed by atoms with E-state index in [2.05, 4.69) is 30.7 Å². The van der Waals surface area contributed by atoms with Crippen molar-refractivity contribution in [3.05, 3.63) is 30.1 Å². The molecule has 0 unspecified atom stereocenters. The van der Waals surface area contributed by atoms with E-state index in [-0.39, 0.29) is 5.41 Å². The van der Waals surface area contributed by atoms with Crippen LogP contribution in [0.15, 0.2) is 24.4 Å². The Morgan fingerprint density at radius 2 is 2.00 bits per heavy atom. The molecule has 1 aromatic rings. The summed E-state index contributed by atoms with van der Waals surface area (Å²) in [5, 5.41) is 0. The molecule has 0 fully saturated rings. The van der Waals surface area contributed by atoms with Gasteiger partial charge in [-0.05, 0) is 31.5 Å². The highest BCUT2D eigenvalue weighted by Gasteiger charge is 2.27. The molecule has 3 heteroatoms. The van der Waals surface area contributed by atoms with Crippen molar-refractivity contribution in [2.45, 2.75) is 40.2 Å². The number of carbonyl (C=O) groups excluding carboxylic acids is 1. The zero-order chi connectivity index (χ0) is 13.4. The number of hydrogen-bond donors (Lipinski definition) is 0. The smallest absolute Gasteiger partial charge is 0.127 e. The van der Waals surface area contributed by atoms with Crippen molar-refractivity contribution in [1.29, 1.82) is 0 Å². The monoisotopic (exact) mass is 248 g/mol. The molecule has 0 saturated heterocycles. The lowest BCUT2D eigenvalue weighted by atomic mass is 9.83. The Morgan fingerprint density at radius 1 is 1.28 bits per heavy atom. The zero-order valence-corrected chi connectivity index (χ0v) is 11.7. The Labute approximate surface area is 110 Å². The molecular weight excluding hydrogens is 224 g/mol. The fourth-order valence-corrected chi connectivity index (χ4v) is 2.12. The van der Waals surface area contributed by atoms with Gasteiger partial charge < -0.3 is 4.79 Å². The largest absolute Gasteiger partial charge is 0.303 e. The molecule has 0 aliphatic carbocycles. The number of aromatic nitrogens is 1. The van der Waals surface area contributed by atoms with Crippen molar-refractivity contribution in [2.24, 2.45) is 5.41 Å². The van der Waals surface area contributed by atoms with Crippen LogP contribution in [0.2, 0.25) is 0 Å². The highest BCUT2D eigenvalue weighted by atomic mass is 16.1. The summed E-state index contributed by atoms with van der Waals surface area (Å²) < 4.78 is 0. The number of aldehydes is 1. The van der Waals surface area contributed by atoms with Crippen LogP contribution in [0.4, 0.5) is 0 Å². The summed E-state index contributed by atoms with van der Waals surface area (Å²) in [6.07, 6.45) is 4.74. The zero-order valence-electron chi connectivity index (χ0n) is 11.7. The summed E-state index contributed by atoms with van der Waals surface area (Å²) in [5.74, 6) is 0. The highest BCUT2D eigenvalue weighted by Crippen LogP contribution is 2.25. The predicted molar refractivity (Wildman–Crippen MR) is 74.3 cm³/mol. The SMILES string of the molecule is CCN(Cc1ccccn1)CC(C=O)(CC)CC. The fraction of sp³-hybridized carbons (Fsp3) is 0.600. The van der Waals surface area contributed by atoms with E-state index in [9.17, 15) is 4.79 Å². The molecule has 0 saturated carbocycles. The van der Waals surface area contributed by atoms with Gasteiger partial charge in [0.25, 0.3) is 0 Å². The van der Waals surface area contributed by atoms with Crippen LogP contribution in [0.5, 0.6) is 0 Å². The Kier molecular flexibility index (Phi) is 5.99.